The van der Waals surface area contributed by atoms with Gasteiger partial charge in [0.1, 0.15) is 5.52 Å². The van der Waals surface area contributed by atoms with Gasteiger partial charge in [-0.2, -0.15) is 5.26 Å². The number of fused-ring (bicyclic) bond motifs is 1. The van der Waals surface area contributed by atoms with Crippen molar-refractivity contribution in [2.45, 2.75) is 44.4 Å². The van der Waals surface area contributed by atoms with Gasteiger partial charge >= 0.3 is 0 Å². The molecule has 2 saturated carbocycles. The van der Waals surface area contributed by atoms with E-state index in [1.165, 1.54) is 19.3 Å². The Hall–Kier alpha value is -2.95. The molecule has 2 aliphatic carbocycles. The number of rotatable bonds is 4. The number of aromatic nitrogens is 3. The number of nitrogens with one attached hydrogen (secondary N) is 2. The van der Waals surface area contributed by atoms with Crippen molar-refractivity contribution in [2.24, 2.45) is 5.92 Å². The van der Waals surface area contributed by atoms with Crippen LogP contribution in [0.15, 0.2) is 12.4 Å². The molecule has 3 fully saturated rings. The van der Waals surface area contributed by atoms with Gasteiger partial charge in [-0.05, 0) is 19.3 Å². The lowest BCUT2D eigenvalue weighted by Crippen LogP contribution is -2.39. The molecule has 8 nitrogen and oxygen atoms in total. The normalized spacial score (nSPS) is 20.2. The first-order chi connectivity index (χ1) is 13.7. The molecular weight excluding hydrogens is 356 g/mol. The van der Waals surface area contributed by atoms with Crippen LogP contribution in [0.2, 0.25) is 0 Å². The molecule has 8 heteroatoms. The van der Waals surface area contributed by atoms with E-state index >= 15 is 0 Å². The molecule has 1 saturated heterocycles. The molecule has 2 N–H and O–H groups in total. The summed E-state index contributed by atoms with van der Waals surface area (Å²) >= 11 is 0. The summed E-state index contributed by atoms with van der Waals surface area (Å²) in [4.78, 5) is 38.0. The largest absolute Gasteiger partial charge is 0.344 e. The topological polar surface area (TPSA) is 115 Å². The third-order valence-corrected chi connectivity index (χ3v) is 5.12. The van der Waals surface area contributed by atoms with Crippen molar-refractivity contribution in [3.63, 3.8) is 0 Å². The molecule has 2 amide bonds. The number of likely N-dealkylation sites (tertiary alicyclic amines) is 1. The highest BCUT2D eigenvalue weighted by Crippen LogP contribution is 2.39. The Kier molecular flexibility index (Phi) is 5.24. The average Bonchev–Trinajstić information content (AvgIpc) is 3.66. The second-order valence-corrected chi connectivity index (χ2v) is 7.67. The van der Waals surface area contributed by atoms with Crippen LogP contribution in [-0.4, -0.2) is 51.3 Å². The average molecular weight is 380 g/mol. The van der Waals surface area contributed by atoms with Crippen LogP contribution in [0.5, 0.6) is 0 Å². The minimum atomic E-state index is -0.349. The summed E-state index contributed by atoms with van der Waals surface area (Å²) in [7, 11) is 0. The minimum Gasteiger partial charge on any atom is -0.344 e. The lowest BCUT2D eigenvalue weighted by atomic mass is 10.1. The van der Waals surface area contributed by atoms with Crippen LogP contribution in [0.3, 0.4) is 0 Å². The quantitative estimate of drug-likeness (QED) is 0.843. The highest BCUT2D eigenvalue weighted by Gasteiger charge is 2.28. The van der Waals surface area contributed by atoms with Crippen LogP contribution < -0.4 is 5.32 Å². The van der Waals surface area contributed by atoms with Gasteiger partial charge in [0, 0.05) is 25.2 Å². The molecule has 1 atom stereocenters. The number of amides is 2. The molecule has 3 heterocycles. The van der Waals surface area contributed by atoms with Crippen molar-refractivity contribution in [3.8, 4) is 6.07 Å². The summed E-state index contributed by atoms with van der Waals surface area (Å²) in [6.07, 6.45) is 10.7. The number of aromatic amines is 1. The number of hydrogen-bond acceptors (Lipinski definition) is 5. The lowest BCUT2D eigenvalue weighted by molar-refractivity contribution is -0.129. The molecule has 0 bridgehead atoms. The molecular formula is C20H24N6O2. The standard InChI is InChI=1S/C17H18N6O2.C3H6/c18-5-10-3-4-23(9-10)14(24)8-21-17(25)12-6-19-16-15(12)22-13(7-20-16)11-1-2-11;1-2-3-1/h6-7,10-11H,1-4,8-9H2,(H,19,20)(H,21,25);1-3H2. The van der Waals surface area contributed by atoms with Gasteiger partial charge < -0.3 is 15.2 Å². The fourth-order valence-corrected chi connectivity index (χ4v) is 3.11. The van der Waals surface area contributed by atoms with Gasteiger partial charge in [0.25, 0.3) is 5.91 Å². The van der Waals surface area contributed by atoms with Crippen molar-refractivity contribution >= 4 is 23.0 Å². The molecule has 2 aromatic heterocycles. The fraction of sp³-hybridized carbons (Fsp3) is 0.550. The number of carbonyl (C=O) groups excluding carboxylic acids is 2. The zero-order chi connectivity index (χ0) is 19.5. The molecule has 2 aromatic rings. The van der Waals surface area contributed by atoms with E-state index in [-0.39, 0.29) is 24.3 Å². The van der Waals surface area contributed by atoms with Gasteiger partial charge in [-0.15, -0.1) is 0 Å². The molecule has 1 unspecified atom stereocenters. The molecule has 5 rings (SSSR count). The highest BCUT2D eigenvalue weighted by molar-refractivity contribution is 6.05. The Balaban J connectivity index is 0.000000586. The zero-order valence-electron chi connectivity index (χ0n) is 15.8. The molecule has 0 radical (unpaired) electrons. The predicted octanol–water partition coefficient (Wildman–Crippen LogP) is 2.11. The summed E-state index contributed by atoms with van der Waals surface area (Å²) < 4.78 is 0. The van der Waals surface area contributed by atoms with Gasteiger partial charge in [-0.25, -0.2) is 9.97 Å². The van der Waals surface area contributed by atoms with E-state index in [4.69, 9.17) is 5.26 Å². The van der Waals surface area contributed by atoms with E-state index in [2.05, 4.69) is 26.3 Å². The number of carbonyl (C=O) groups is 2. The first-order valence-electron chi connectivity index (χ1n) is 9.95. The summed E-state index contributed by atoms with van der Waals surface area (Å²) in [6, 6.07) is 2.17. The maximum atomic E-state index is 12.4. The second kappa shape index (κ2) is 7.97. The van der Waals surface area contributed by atoms with Crippen LogP contribution in [-0.2, 0) is 4.79 Å². The van der Waals surface area contributed by atoms with Crippen molar-refractivity contribution in [1.82, 2.24) is 25.2 Å². The Morgan fingerprint density at radius 1 is 1.29 bits per heavy atom. The van der Waals surface area contributed by atoms with Crippen LogP contribution in [0.4, 0.5) is 0 Å². The maximum absolute atomic E-state index is 12.4. The minimum absolute atomic E-state index is 0.0839. The molecule has 146 valence electrons. The Morgan fingerprint density at radius 2 is 2.07 bits per heavy atom. The summed E-state index contributed by atoms with van der Waals surface area (Å²) in [5.41, 5.74) is 2.42. The van der Waals surface area contributed by atoms with Gasteiger partial charge in [0.2, 0.25) is 5.91 Å². The summed E-state index contributed by atoms with van der Waals surface area (Å²) in [6.45, 7) is 0.921. The van der Waals surface area contributed by atoms with E-state index in [0.29, 0.717) is 42.2 Å². The third-order valence-electron chi connectivity index (χ3n) is 5.12. The lowest BCUT2D eigenvalue weighted by Gasteiger charge is -2.15. The van der Waals surface area contributed by atoms with Gasteiger partial charge in [0.15, 0.2) is 5.65 Å². The van der Waals surface area contributed by atoms with Gasteiger partial charge in [-0.1, -0.05) is 19.3 Å². The van der Waals surface area contributed by atoms with E-state index in [0.717, 1.165) is 18.5 Å². The van der Waals surface area contributed by atoms with Gasteiger partial charge in [-0.3, -0.25) is 9.59 Å². The fourth-order valence-electron chi connectivity index (χ4n) is 3.11. The maximum Gasteiger partial charge on any atom is 0.255 e. The van der Waals surface area contributed by atoms with Crippen molar-refractivity contribution in [2.75, 3.05) is 19.6 Å². The van der Waals surface area contributed by atoms with E-state index < -0.39 is 0 Å². The number of nitriles is 1. The van der Waals surface area contributed by atoms with Crippen LogP contribution >= 0.6 is 0 Å². The number of hydrogen-bond donors (Lipinski definition) is 2. The van der Waals surface area contributed by atoms with Crippen molar-refractivity contribution in [3.05, 3.63) is 23.7 Å². The first kappa shape index (κ1) is 18.4. The molecule has 28 heavy (non-hydrogen) atoms. The Bertz CT molecular complexity index is 922. The molecule has 0 aromatic carbocycles. The predicted molar refractivity (Wildman–Crippen MR) is 102 cm³/mol. The van der Waals surface area contributed by atoms with Crippen LogP contribution in [0, 0.1) is 17.2 Å². The smallest absolute Gasteiger partial charge is 0.255 e. The highest BCUT2D eigenvalue weighted by atomic mass is 16.2. The van der Waals surface area contributed by atoms with E-state index in [9.17, 15) is 9.59 Å². The molecule has 0 spiro atoms. The number of H-pyrrole nitrogens is 1. The zero-order valence-corrected chi connectivity index (χ0v) is 15.8. The molecule has 1 aliphatic heterocycles. The first-order valence-corrected chi connectivity index (χ1v) is 9.95. The summed E-state index contributed by atoms with van der Waals surface area (Å²) in [5.74, 6) is -0.175. The van der Waals surface area contributed by atoms with Crippen molar-refractivity contribution in [1.29, 1.82) is 5.26 Å². The second-order valence-electron chi connectivity index (χ2n) is 7.67. The van der Waals surface area contributed by atoms with Crippen LogP contribution in [0.1, 0.15) is 60.5 Å². The Morgan fingerprint density at radius 3 is 2.71 bits per heavy atom. The number of nitrogens with zero attached hydrogens (tertiary/aromatic N) is 4. The van der Waals surface area contributed by atoms with Crippen LogP contribution in [0.25, 0.3) is 11.2 Å². The third kappa shape index (κ3) is 4.30. The van der Waals surface area contributed by atoms with Gasteiger partial charge in [0.05, 0.1) is 36.0 Å². The Labute approximate surface area is 163 Å². The van der Waals surface area contributed by atoms with E-state index in [1.54, 1.807) is 17.3 Å². The van der Waals surface area contributed by atoms with Crippen molar-refractivity contribution < 1.29 is 9.59 Å². The van der Waals surface area contributed by atoms with E-state index in [1.807, 2.05) is 0 Å². The monoisotopic (exact) mass is 380 g/mol. The molecule has 3 aliphatic rings. The SMILES string of the molecule is C1CC1.N#CC1CCN(C(=O)CNC(=O)c2c[nH]c3ncc(C4CC4)nc23)C1. The summed E-state index contributed by atoms with van der Waals surface area (Å²) in [5, 5.41) is 11.6.